The first-order chi connectivity index (χ1) is 10.7. The lowest BCUT2D eigenvalue weighted by molar-refractivity contribution is -0.123. The van der Waals surface area contributed by atoms with Gasteiger partial charge < -0.3 is 11.1 Å². The third-order valence-corrected chi connectivity index (χ3v) is 5.33. The van der Waals surface area contributed by atoms with Crippen molar-refractivity contribution in [2.24, 2.45) is 0 Å². The second-order valence-corrected chi connectivity index (χ2v) is 6.77. The fourth-order valence-electron chi connectivity index (χ4n) is 3.17. The van der Waals surface area contributed by atoms with E-state index in [1.165, 1.54) is 0 Å². The summed E-state index contributed by atoms with van der Waals surface area (Å²) in [4.78, 5) is 16.8. The Kier molecular flexibility index (Phi) is 4.43. The molecular weight excluding hydrogens is 294 g/mol. The fourth-order valence-corrected chi connectivity index (χ4v) is 4.02. The van der Waals surface area contributed by atoms with E-state index in [0.29, 0.717) is 12.8 Å². The summed E-state index contributed by atoms with van der Waals surface area (Å²) in [6, 6.07) is 7.72. The number of rotatable bonds is 5. The Morgan fingerprint density at radius 1 is 1.32 bits per heavy atom. The lowest BCUT2D eigenvalue weighted by Gasteiger charge is -2.28. The second-order valence-electron chi connectivity index (χ2n) is 5.87. The highest BCUT2D eigenvalue weighted by molar-refractivity contribution is 7.09. The molecule has 3 rings (SSSR count). The molecule has 0 aliphatic heterocycles. The van der Waals surface area contributed by atoms with Gasteiger partial charge in [-0.15, -0.1) is 11.3 Å². The van der Waals surface area contributed by atoms with Gasteiger partial charge in [-0.3, -0.25) is 4.79 Å². The summed E-state index contributed by atoms with van der Waals surface area (Å²) in [5.41, 5.74) is 7.48. The van der Waals surface area contributed by atoms with Crippen LogP contribution in [0.5, 0.6) is 0 Å². The first kappa shape index (κ1) is 15.0. The summed E-state index contributed by atoms with van der Waals surface area (Å²) in [5.74, 6) is 0.0837. The van der Waals surface area contributed by atoms with Crippen molar-refractivity contribution < 1.29 is 4.79 Å². The van der Waals surface area contributed by atoms with Crippen LogP contribution in [0.2, 0.25) is 0 Å². The minimum Gasteiger partial charge on any atom is -0.399 e. The lowest BCUT2D eigenvalue weighted by Crippen LogP contribution is -2.43. The van der Waals surface area contributed by atoms with Crippen LogP contribution in [0.1, 0.15) is 42.7 Å². The van der Waals surface area contributed by atoms with E-state index in [-0.39, 0.29) is 11.4 Å². The van der Waals surface area contributed by atoms with E-state index in [2.05, 4.69) is 10.3 Å². The molecule has 0 atom stereocenters. The molecule has 4 nitrogen and oxygen atoms in total. The lowest BCUT2D eigenvalue weighted by atomic mass is 9.97. The molecule has 5 heteroatoms. The van der Waals surface area contributed by atoms with Crippen LogP contribution < -0.4 is 11.1 Å². The Balaban J connectivity index is 1.64. The molecular formula is C17H21N3OS. The highest BCUT2D eigenvalue weighted by Gasteiger charge is 2.39. The predicted molar refractivity (Wildman–Crippen MR) is 89.6 cm³/mol. The summed E-state index contributed by atoms with van der Waals surface area (Å²) in [5, 5.41) is 6.27. The van der Waals surface area contributed by atoms with Crippen molar-refractivity contribution in [1.29, 1.82) is 0 Å². The SMILES string of the molecule is Nc1ccccc1CCC(=O)NC1(c2nccs2)CCCC1. The highest BCUT2D eigenvalue weighted by atomic mass is 32.1. The maximum atomic E-state index is 12.4. The molecule has 3 N–H and O–H groups in total. The number of nitrogen functional groups attached to an aromatic ring is 1. The molecule has 0 spiro atoms. The van der Waals surface area contributed by atoms with Crippen molar-refractivity contribution in [2.45, 2.75) is 44.1 Å². The van der Waals surface area contributed by atoms with Crippen LogP contribution in [0.15, 0.2) is 35.8 Å². The van der Waals surface area contributed by atoms with Crippen molar-refractivity contribution >= 4 is 22.9 Å². The molecule has 1 aromatic heterocycles. The highest BCUT2D eigenvalue weighted by Crippen LogP contribution is 2.39. The van der Waals surface area contributed by atoms with Gasteiger partial charge in [-0.1, -0.05) is 31.0 Å². The van der Waals surface area contributed by atoms with Crippen molar-refractivity contribution in [2.75, 3.05) is 5.73 Å². The Labute approximate surface area is 134 Å². The maximum absolute atomic E-state index is 12.4. The van der Waals surface area contributed by atoms with Crippen LogP contribution in [0.3, 0.4) is 0 Å². The number of carbonyl (C=O) groups excluding carboxylic acids is 1. The molecule has 1 fully saturated rings. The number of aryl methyl sites for hydroxylation is 1. The number of nitrogens with one attached hydrogen (secondary N) is 1. The number of nitrogens with two attached hydrogens (primary N) is 1. The molecule has 0 saturated heterocycles. The Hall–Kier alpha value is -1.88. The molecule has 0 radical (unpaired) electrons. The number of nitrogens with zero attached hydrogens (tertiary/aromatic N) is 1. The standard InChI is InChI=1S/C17H21N3OS/c18-14-6-2-1-5-13(14)7-8-15(21)20-17(9-3-4-10-17)16-19-11-12-22-16/h1-2,5-6,11-12H,3-4,7-10,18H2,(H,20,21). The topological polar surface area (TPSA) is 68.0 Å². The summed E-state index contributed by atoms with van der Waals surface area (Å²) < 4.78 is 0. The first-order valence-electron chi connectivity index (χ1n) is 7.74. The minimum absolute atomic E-state index is 0.0837. The minimum atomic E-state index is -0.243. The molecule has 1 amide bonds. The van der Waals surface area contributed by atoms with Crippen molar-refractivity contribution in [3.63, 3.8) is 0 Å². The van der Waals surface area contributed by atoms with Crippen LogP contribution in [0.25, 0.3) is 0 Å². The summed E-state index contributed by atoms with van der Waals surface area (Å²) in [7, 11) is 0. The fraction of sp³-hybridized carbons (Fsp3) is 0.412. The molecule has 1 aromatic carbocycles. The van der Waals surface area contributed by atoms with Gasteiger partial charge >= 0.3 is 0 Å². The maximum Gasteiger partial charge on any atom is 0.221 e. The van der Waals surface area contributed by atoms with Gasteiger partial charge in [0, 0.05) is 23.7 Å². The van der Waals surface area contributed by atoms with E-state index in [9.17, 15) is 4.79 Å². The van der Waals surface area contributed by atoms with Crippen molar-refractivity contribution in [3.8, 4) is 0 Å². The van der Waals surface area contributed by atoms with E-state index < -0.39 is 0 Å². The van der Waals surface area contributed by atoms with E-state index in [1.807, 2.05) is 35.8 Å². The quantitative estimate of drug-likeness (QED) is 0.832. The normalized spacial score (nSPS) is 16.5. The van der Waals surface area contributed by atoms with Gasteiger partial charge in [0.05, 0.1) is 5.54 Å². The van der Waals surface area contributed by atoms with Crippen LogP contribution in [-0.4, -0.2) is 10.9 Å². The molecule has 1 heterocycles. The number of amides is 1. The Morgan fingerprint density at radius 2 is 2.09 bits per heavy atom. The van der Waals surface area contributed by atoms with Gasteiger partial charge in [0.1, 0.15) is 5.01 Å². The van der Waals surface area contributed by atoms with Crippen LogP contribution in [0.4, 0.5) is 5.69 Å². The zero-order chi connectivity index (χ0) is 15.4. The zero-order valence-electron chi connectivity index (χ0n) is 12.5. The number of thiazole rings is 1. The third kappa shape index (κ3) is 3.14. The van der Waals surface area contributed by atoms with Gasteiger partial charge in [-0.2, -0.15) is 0 Å². The monoisotopic (exact) mass is 315 g/mol. The molecule has 0 bridgehead atoms. The van der Waals surface area contributed by atoms with Crippen LogP contribution in [-0.2, 0) is 16.8 Å². The number of hydrogen-bond acceptors (Lipinski definition) is 4. The summed E-state index contributed by atoms with van der Waals surface area (Å²) >= 11 is 1.63. The van der Waals surface area contributed by atoms with Crippen LogP contribution in [0, 0.1) is 0 Å². The van der Waals surface area contributed by atoms with E-state index in [0.717, 1.165) is 41.9 Å². The van der Waals surface area contributed by atoms with Gasteiger partial charge in [0.15, 0.2) is 0 Å². The average molecular weight is 315 g/mol. The molecule has 1 saturated carbocycles. The number of benzene rings is 1. The Bertz CT molecular complexity index is 633. The smallest absolute Gasteiger partial charge is 0.221 e. The third-order valence-electron chi connectivity index (χ3n) is 4.35. The largest absolute Gasteiger partial charge is 0.399 e. The molecule has 22 heavy (non-hydrogen) atoms. The average Bonchev–Trinajstić information content (AvgIpc) is 3.18. The molecule has 1 aliphatic carbocycles. The van der Waals surface area contributed by atoms with Gasteiger partial charge in [-0.05, 0) is 30.9 Å². The molecule has 1 aliphatic rings. The van der Waals surface area contributed by atoms with Gasteiger partial charge in [-0.25, -0.2) is 4.98 Å². The van der Waals surface area contributed by atoms with E-state index in [4.69, 9.17) is 5.73 Å². The molecule has 116 valence electrons. The van der Waals surface area contributed by atoms with Crippen molar-refractivity contribution in [1.82, 2.24) is 10.3 Å². The van der Waals surface area contributed by atoms with Crippen molar-refractivity contribution in [3.05, 3.63) is 46.4 Å². The number of para-hydroxylation sites is 1. The van der Waals surface area contributed by atoms with E-state index in [1.54, 1.807) is 11.3 Å². The summed E-state index contributed by atoms with van der Waals surface area (Å²) in [6.07, 6.45) is 7.21. The molecule has 0 unspecified atom stereocenters. The number of aromatic nitrogens is 1. The number of carbonyl (C=O) groups is 1. The summed E-state index contributed by atoms with van der Waals surface area (Å²) in [6.45, 7) is 0. The van der Waals surface area contributed by atoms with E-state index >= 15 is 0 Å². The number of anilines is 1. The van der Waals surface area contributed by atoms with Gasteiger partial charge in [0.2, 0.25) is 5.91 Å². The number of hydrogen-bond donors (Lipinski definition) is 2. The second kappa shape index (κ2) is 6.48. The zero-order valence-corrected chi connectivity index (χ0v) is 13.4. The molecule has 2 aromatic rings. The van der Waals surface area contributed by atoms with Gasteiger partial charge in [0.25, 0.3) is 0 Å². The van der Waals surface area contributed by atoms with Crippen LogP contribution >= 0.6 is 11.3 Å². The first-order valence-corrected chi connectivity index (χ1v) is 8.62. The predicted octanol–water partition coefficient (Wildman–Crippen LogP) is 3.24. The Morgan fingerprint density at radius 3 is 2.77 bits per heavy atom.